The van der Waals surface area contributed by atoms with Crippen molar-refractivity contribution in [3.05, 3.63) is 26.6 Å². The van der Waals surface area contributed by atoms with Gasteiger partial charge in [-0.05, 0) is 44.1 Å². The summed E-state index contributed by atoms with van der Waals surface area (Å²) in [4.78, 5) is 39.4. The van der Waals surface area contributed by atoms with Crippen LogP contribution in [0.5, 0.6) is 0 Å². The van der Waals surface area contributed by atoms with Gasteiger partial charge in [0.2, 0.25) is 5.91 Å². The van der Waals surface area contributed by atoms with Crippen LogP contribution < -0.4 is 5.56 Å². The molecule has 7 heteroatoms. The maximum atomic E-state index is 12.7. The Hall–Kier alpha value is -1.73. The number of H-pyrrole nitrogens is 1. The molecule has 0 spiro atoms. The number of hydrogen-bond acceptors (Lipinski definition) is 5. The van der Waals surface area contributed by atoms with E-state index in [1.165, 1.54) is 29.7 Å². The zero-order valence-electron chi connectivity index (χ0n) is 15.6. The second kappa shape index (κ2) is 7.02. The van der Waals surface area contributed by atoms with Crippen LogP contribution in [0.25, 0.3) is 10.2 Å². The fraction of sp³-hybridized carbons (Fsp3) is 0.650. The predicted octanol–water partition coefficient (Wildman–Crippen LogP) is 2.31. The molecule has 3 aliphatic rings. The van der Waals surface area contributed by atoms with Crippen molar-refractivity contribution in [2.45, 2.75) is 51.5 Å². The van der Waals surface area contributed by atoms with Gasteiger partial charge in [-0.25, -0.2) is 4.98 Å². The van der Waals surface area contributed by atoms with E-state index in [4.69, 9.17) is 4.98 Å². The number of thiophene rings is 1. The fourth-order valence-corrected chi connectivity index (χ4v) is 5.82. The smallest absolute Gasteiger partial charge is 0.259 e. The summed E-state index contributed by atoms with van der Waals surface area (Å²) in [5, 5.41) is 0.828. The zero-order valence-corrected chi connectivity index (χ0v) is 16.4. The third kappa shape index (κ3) is 3.21. The molecule has 0 aromatic carbocycles. The van der Waals surface area contributed by atoms with Crippen molar-refractivity contribution in [1.82, 2.24) is 19.8 Å². The van der Waals surface area contributed by atoms with Gasteiger partial charge < -0.3 is 9.88 Å². The number of aromatic amines is 1. The van der Waals surface area contributed by atoms with E-state index in [0.29, 0.717) is 12.5 Å². The standard InChI is InChI=1S/C20H26N4O2S/c25-18-17-14-6-1-2-7-15(14)27-19(17)22-16(21-18)12-23-8-10-24(11-9-23)20(26)13-4-3-5-13/h13H,1-12H2,(H,21,22,25). The molecular formula is C20H26N4O2S. The molecule has 3 heterocycles. The van der Waals surface area contributed by atoms with Gasteiger partial charge in [-0.2, -0.15) is 0 Å². The summed E-state index contributed by atoms with van der Waals surface area (Å²) in [5.41, 5.74) is 1.26. The van der Waals surface area contributed by atoms with Crippen molar-refractivity contribution in [2.75, 3.05) is 26.2 Å². The number of carbonyl (C=O) groups is 1. The number of piperazine rings is 1. The Morgan fingerprint density at radius 3 is 2.63 bits per heavy atom. The van der Waals surface area contributed by atoms with Crippen LogP contribution in [0.4, 0.5) is 0 Å². The lowest BCUT2D eigenvalue weighted by molar-refractivity contribution is -0.140. The molecular weight excluding hydrogens is 360 g/mol. The number of nitrogens with one attached hydrogen (secondary N) is 1. The van der Waals surface area contributed by atoms with E-state index in [2.05, 4.69) is 9.88 Å². The molecule has 5 rings (SSSR count). The normalized spacial score (nSPS) is 21.3. The number of amides is 1. The second-order valence-corrected chi connectivity index (χ2v) is 9.22. The quantitative estimate of drug-likeness (QED) is 0.879. The molecule has 0 radical (unpaired) electrons. The number of carbonyl (C=O) groups excluding carboxylic acids is 1. The van der Waals surface area contributed by atoms with E-state index >= 15 is 0 Å². The molecule has 1 amide bonds. The number of nitrogens with zero attached hydrogens (tertiary/aromatic N) is 3. The summed E-state index contributed by atoms with van der Waals surface area (Å²) in [6, 6.07) is 0. The van der Waals surface area contributed by atoms with Gasteiger partial charge in [0, 0.05) is 37.0 Å². The van der Waals surface area contributed by atoms with E-state index in [9.17, 15) is 9.59 Å². The Kier molecular flexibility index (Phi) is 4.52. The van der Waals surface area contributed by atoms with Crippen molar-refractivity contribution in [3.63, 3.8) is 0 Å². The van der Waals surface area contributed by atoms with Crippen LogP contribution >= 0.6 is 11.3 Å². The van der Waals surface area contributed by atoms with Crippen LogP contribution in [0.3, 0.4) is 0 Å². The van der Waals surface area contributed by atoms with Crippen molar-refractivity contribution in [2.24, 2.45) is 5.92 Å². The largest absolute Gasteiger partial charge is 0.340 e. The van der Waals surface area contributed by atoms with Crippen LogP contribution in [-0.2, 0) is 24.2 Å². The highest BCUT2D eigenvalue weighted by Gasteiger charge is 2.31. The summed E-state index contributed by atoms with van der Waals surface area (Å²) in [6.07, 6.45) is 7.81. The average molecular weight is 387 g/mol. The van der Waals surface area contributed by atoms with Gasteiger partial charge in [0.05, 0.1) is 11.9 Å². The highest BCUT2D eigenvalue weighted by atomic mass is 32.1. The minimum absolute atomic E-state index is 0.0215. The predicted molar refractivity (Wildman–Crippen MR) is 106 cm³/mol. The lowest BCUT2D eigenvalue weighted by Crippen LogP contribution is -2.50. The Bertz CT molecular complexity index is 922. The second-order valence-electron chi connectivity index (χ2n) is 8.13. The fourth-order valence-electron chi connectivity index (χ4n) is 4.53. The summed E-state index contributed by atoms with van der Waals surface area (Å²) in [6.45, 7) is 3.92. The van der Waals surface area contributed by atoms with Crippen molar-refractivity contribution < 1.29 is 4.79 Å². The van der Waals surface area contributed by atoms with E-state index in [0.717, 1.165) is 67.9 Å². The molecule has 2 aromatic heterocycles. The van der Waals surface area contributed by atoms with Crippen LogP contribution in [0.15, 0.2) is 4.79 Å². The minimum atomic E-state index is 0.0215. The molecule has 0 unspecified atom stereocenters. The first kappa shape index (κ1) is 17.4. The molecule has 6 nitrogen and oxygen atoms in total. The van der Waals surface area contributed by atoms with Crippen LogP contribution in [0, 0.1) is 5.92 Å². The monoisotopic (exact) mass is 386 g/mol. The number of fused-ring (bicyclic) bond motifs is 3. The number of hydrogen-bond donors (Lipinski definition) is 1. The van der Waals surface area contributed by atoms with Gasteiger partial charge in [-0.15, -0.1) is 11.3 Å². The maximum absolute atomic E-state index is 12.7. The van der Waals surface area contributed by atoms with Crippen LogP contribution in [0.1, 0.15) is 48.4 Å². The van der Waals surface area contributed by atoms with Gasteiger partial charge in [-0.3, -0.25) is 14.5 Å². The lowest BCUT2D eigenvalue weighted by Gasteiger charge is -2.38. The van der Waals surface area contributed by atoms with E-state index in [-0.39, 0.29) is 11.5 Å². The summed E-state index contributed by atoms with van der Waals surface area (Å²) < 4.78 is 0. The molecule has 27 heavy (non-hydrogen) atoms. The number of rotatable bonds is 3. The Morgan fingerprint density at radius 2 is 1.89 bits per heavy atom. The molecule has 2 fully saturated rings. The van der Waals surface area contributed by atoms with Crippen LogP contribution in [-0.4, -0.2) is 51.9 Å². The summed E-state index contributed by atoms with van der Waals surface area (Å²) in [7, 11) is 0. The molecule has 0 atom stereocenters. The Morgan fingerprint density at radius 1 is 1.11 bits per heavy atom. The topological polar surface area (TPSA) is 69.3 Å². The summed E-state index contributed by atoms with van der Waals surface area (Å²) >= 11 is 1.70. The molecule has 1 aliphatic heterocycles. The van der Waals surface area contributed by atoms with Gasteiger partial charge in [0.25, 0.3) is 5.56 Å². The third-order valence-corrected chi connectivity index (χ3v) is 7.57. The minimum Gasteiger partial charge on any atom is -0.340 e. The zero-order chi connectivity index (χ0) is 18.4. The number of aryl methyl sites for hydroxylation is 2. The maximum Gasteiger partial charge on any atom is 0.259 e. The Balaban J connectivity index is 1.28. The first-order valence-electron chi connectivity index (χ1n) is 10.2. The van der Waals surface area contributed by atoms with Crippen molar-refractivity contribution >= 4 is 27.5 Å². The first-order chi connectivity index (χ1) is 13.2. The molecule has 1 saturated carbocycles. The Labute approximate surface area is 162 Å². The molecule has 2 aromatic rings. The molecule has 2 aliphatic carbocycles. The molecule has 144 valence electrons. The van der Waals surface area contributed by atoms with Gasteiger partial charge in [0.1, 0.15) is 10.7 Å². The third-order valence-electron chi connectivity index (χ3n) is 6.39. The van der Waals surface area contributed by atoms with Gasteiger partial charge >= 0.3 is 0 Å². The first-order valence-corrected chi connectivity index (χ1v) is 11.1. The van der Waals surface area contributed by atoms with Gasteiger partial charge in [0.15, 0.2) is 0 Å². The van der Waals surface area contributed by atoms with Crippen LogP contribution in [0.2, 0.25) is 0 Å². The van der Waals surface area contributed by atoms with Crippen molar-refractivity contribution in [3.8, 4) is 0 Å². The highest BCUT2D eigenvalue weighted by Crippen LogP contribution is 2.33. The van der Waals surface area contributed by atoms with E-state index < -0.39 is 0 Å². The SMILES string of the molecule is O=C(C1CCC1)N1CCN(Cc2nc3sc4c(c3c(=O)[nH]2)CCCC4)CC1. The van der Waals surface area contributed by atoms with Crippen molar-refractivity contribution in [1.29, 1.82) is 0 Å². The highest BCUT2D eigenvalue weighted by molar-refractivity contribution is 7.18. The molecule has 1 N–H and O–H groups in total. The summed E-state index contributed by atoms with van der Waals surface area (Å²) in [5.74, 6) is 1.38. The van der Waals surface area contributed by atoms with Gasteiger partial charge in [-0.1, -0.05) is 6.42 Å². The molecule has 0 bridgehead atoms. The average Bonchev–Trinajstić information content (AvgIpc) is 2.99. The van der Waals surface area contributed by atoms with E-state index in [1.54, 1.807) is 11.3 Å². The number of aromatic nitrogens is 2. The van der Waals surface area contributed by atoms with E-state index in [1.807, 2.05) is 4.90 Å². The molecule has 1 saturated heterocycles. The lowest BCUT2D eigenvalue weighted by atomic mass is 9.84.